The molecule has 5 saturated carbocycles. The summed E-state index contributed by atoms with van der Waals surface area (Å²) in [5, 5.41) is 0. The maximum absolute atomic E-state index is 13.0. The first-order valence-electron chi connectivity index (χ1n) is 10.1. The van der Waals surface area contributed by atoms with Crippen molar-refractivity contribution in [1.29, 1.82) is 0 Å². The summed E-state index contributed by atoms with van der Waals surface area (Å²) in [6, 6.07) is 0. The molecule has 6 atom stereocenters. The van der Waals surface area contributed by atoms with Crippen molar-refractivity contribution in [3.63, 3.8) is 0 Å². The summed E-state index contributed by atoms with van der Waals surface area (Å²) in [4.78, 5) is 26.0. The summed E-state index contributed by atoms with van der Waals surface area (Å²) >= 11 is 0. The van der Waals surface area contributed by atoms with Crippen LogP contribution in [0.5, 0.6) is 0 Å². The second-order valence-electron chi connectivity index (χ2n) is 10.1. The molecular formula is C21H30O4. The molecule has 0 aromatic heterocycles. The Morgan fingerprint density at radius 3 is 2.04 bits per heavy atom. The molecule has 5 aliphatic carbocycles. The van der Waals surface area contributed by atoms with Gasteiger partial charge in [0, 0.05) is 0 Å². The van der Waals surface area contributed by atoms with Gasteiger partial charge in [-0.1, -0.05) is 27.7 Å². The van der Waals surface area contributed by atoms with Crippen molar-refractivity contribution in [2.45, 2.75) is 66.2 Å². The fourth-order valence-electron chi connectivity index (χ4n) is 8.66. The molecule has 0 heterocycles. The fraction of sp³-hybridized carbons (Fsp3) is 0.905. The molecule has 0 aromatic carbocycles. The lowest BCUT2D eigenvalue weighted by atomic mass is 9.69. The van der Waals surface area contributed by atoms with Gasteiger partial charge in [-0.2, -0.15) is 0 Å². The lowest BCUT2D eigenvalue weighted by Crippen LogP contribution is -2.44. The minimum atomic E-state index is -1.03. The highest BCUT2D eigenvalue weighted by Gasteiger charge is 3.05. The number of hydrogen-bond acceptors (Lipinski definition) is 4. The summed E-state index contributed by atoms with van der Waals surface area (Å²) < 4.78 is 11.0. The molecule has 0 aliphatic heterocycles. The number of esters is 2. The number of fused-ring (bicyclic) bond motifs is 1. The Hall–Kier alpha value is -1.06. The van der Waals surface area contributed by atoms with Crippen LogP contribution in [-0.2, 0) is 19.1 Å². The van der Waals surface area contributed by atoms with E-state index < -0.39 is 5.41 Å². The Balaban J connectivity index is 1.47. The Morgan fingerprint density at radius 1 is 0.920 bits per heavy atom. The van der Waals surface area contributed by atoms with Crippen molar-refractivity contribution < 1.29 is 19.1 Å². The first kappa shape index (κ1) is 16.1. The topological polar surface area (TPSA) is 52.6 Å². The van der Waals surface area contributed by atoms with Gasteiger partial charge in [0.05, 0.1) is 13.2 Å². The molecule has 1 spiro atoms. The van der Waals surface area contributed by atoms with E-state index in [0.29, 0.717) is 42.8 Å². The van der Waals surface area contributed by atoms with E-state index in [2.05, 4.69) is 13.8 Å². The van der Waals surface area contributed by atoms with Gasteiger partial charge in [0.1, 0.15) is 0 Å². The number of carbonyl (C=O) groups is 2. The summed E-state index contributed by atoms with van der Waals surface area (Å²) in [5.74, 6) is 0.821. The summed E-state index contributed by atoms with van der Waals surface area (Å²) in [5.41, 5.74) is 0.328. The Bertz CT molecular complexity index is 665. The van der Waals surface area contributed by atoms with Gasteiger partial charge < -0.3 is 9.47 Å². The monoisotopic (exact) mass is 346 g/mol. The van der Waals surface area contributed by atoms with E-state index in [4.69, 9.17) is 9.47 Å². The van der Waals surface area contributed by atoms with Crippen molar-refractivity contribution >= 4 is 11.9 Å². The predicted octanol–water partition coefficient (Wildman–Crippen LogP) is 3.73. The lowest BCUT2D eigenvalue weighted by molar-refractivity contribution is -0.174. The van der Waals surface area contributed by atoms with Crippen LogP contribution in [0.2, 0.25) is 0 Å². The predicted molar refractivity (Wildman–Crippen MR) is 91.5 cm³/mol. The Kier molecular flexibility index (Phi) is 2.75. The van der Waals surface area contributed by atoms with Crippen molar-refractivity contribution in [2.75, 3.05) is 13.2 Å². The minimum Gasteiger partial charge on any atom is -0.465 e. The second kappa shape index (κ2) is 4.26. The SMILES string of the molecule is CCCOC(=O)C1(C(=O)OCCC)CC23CC4(C)C5C4(C)CC2C53C1. The minimum absolute atomic E-state index is 0.223. The Morgan fingerprint density at radius 2 is 1.52 bits per heavy atom. The normalized spacial score (nSPS) is 51.7. The number of hydrogen-bond donors (Lipinski definition) is 0. The van der Waals surface area contributed by atoms with E-state index >= 15 is 0 Å². The maximum atomic E-state index is 13.0. The van der Waals surface area contributed by atoms with Gasteiger partial charge in [0.15, 0.2) is 5.41 Å². The van der Waals surface area contributed by atoms with Crippen LogP contribution in [0.15, 0.2) is 0 Å². The van der Waals surface area contributed by atoms with Crippen LogP contribution in [0.25, 0.3) is 0 Å². The van der Waals surface area contributed by atoms with Gasteiger partial charge in [0.2, 0.25) is 0 Å². The molecule has 4 nitrogen and oxygen atoms in total. The van der Waals surface area contributed by atoms with E-state index in [-0.39, 0.29) is 22.8 Å². The van der Waals surface area contributed by atoms with E-state index in [1.807, 2.05) is 13.8 Å². The fourth-order valence-corrected chi connectivity index (χ4v) is 8.66. The zero-order valence-electron chi connectivity index (χ0n) is 15.9. The first-order valence-corrected chi connectivity index (χ1v) is 10.1. The molecule has 0 radical (unpaired) electrons. The van der Waals surface area contributed by atoms with Crippen LogP contribution >= 0.6 is 0 Å². The maximum Gasteiger partial charge on any atom is 0.323 e. The van der Waals surface area contributed by atoms with Crippen LogP contribution in [-0.4, -0.2) is 25.2 Å². The van der Waals surface area contributed by atoms with Crippen LogP contribution in [0.3, 0.4) is 0 Å². The third-order valence-corrected chi connectivity index (χ3v) is 9.32. The third kappa shape index (κ3) is 1.36. The van der Waals surface area contributed by atoms with E-state index in [1.54, 1.807) is 0 Å². The zero-order chi connectivity index (χ0) is 17.9. The zero-order valence-corrected chi connectivity index (χ0v) is 15.9. The number of carbonyl (C=O) groups excluding carboxylic acids is 2. The molecule has 5 rings (SSSR count). The van der Waals surface area contributed by atoms with Crippen LogP contribution in [0.1, 0.15) is 66.2 Å². The van der Waals surface area contributed by atoms with E-state index in [9.17, 15) is 9.59 Å². The molecule has 5 fully saturated rings. The summed E-state index contributed by atoms with van der Waals surface area (Å²) in [6.45, 7) is 9.64. The first-order chi connectivity index (χ1) is 11.8. The molecule has 0 saturated heterocycles. The van der Waals surface area contributed by atoms with Gasteiger partial charge in [-0.15, -0.1) is 0 Å². The third-order valence-electron chi connectivity index (χ3n) is 9.32. The molecule has 0 amide bonds. The molecule has 138 valence electrons. The highest BCUT2D eigenvalue weighted by atomic mass is 16.6. The summed E-state index contributed by atoms with van der Waals surface area (Å²) in [6.07, 6.45) is 5.44. The molecule has 0 bridgehead atoms. The van der Waals surface area contributed by atoms with Crippen molar-refractivity contribution in [1.82, 2.24) is 0 Å². The molecule has 0 N–H and O–H groups in total. The van der Waals surface area contributed by atoms with Crippen LogP contribution in [0.4, 0.5) is 0 Å². The molecule has 25 heavy (non-hydrogen) atoms. The van der Waals surface area contributed by atoms with E-state index in [0.717, 1.165) is 18.8 Å². The highest BCUT2D eigenvalue weighted by molar-refractivity contribution is 6.01. The van der Waals surface area contributed by atoms with Crippen LogP contribution < -0.4 is 0 Å². The molecule has 4 heteroatoms. The number of rotatable bonds is 6. The van der Waals surface area contributed by atoms with E-state index in [1.165, 1.54) is 12.8 Å². The van der Waals surface area contributed by atoms with Gasteiger partial charge in [-0.05, 0) is 72.0 Å². The van der Waals surface area contributed by atoms with Gasteiger partial charge >= 0.3 is 11.9 Å². The van der Waals surface area contributed by atoms with Gasteiger partial charge in [-0.3, -0.25) is 9.59 Å². The molecule has 5 aliphatic rings. The van der Waals surface area contributed by atoms with Gasteiger partial charge in [-0.25, -0.2) is 0 Å². The van der Waals surface area contributed by atoms with Crippen molar-refractivity contribution in [3.8, 4) is 0 Å². The molecule has 0 aromatic rings. The molecular weight excluding hydrogens is 316 g/mol. The summed E-state index contributed by atoms with van der Waals surface area (Å²) in [7, 11) is 0. The van der Waals surface area contributed by atoms with Gasteiger partial charge in [0.25, 0.3) is 0 Å². The average Bonchev–Trinajstić information content (AvgIpc) is 3.03. The van der Waals surface area contributed by atoms with Crippen molar-refractivity contribution in [3.05, 3.63) is 0 Å². The highest BCUT2D eigenvalue weighted by Crippen LogP contribution is 3.09. The van der Waals surface area contributed by atoms with Crippen molar-refractivity contribution in [2.24, 2.45) is 38.9 Å². The number of ether oxygens (including phenoxy) is 2. The smallest absolute Gasteiger partial charge is 0.323 e. The molecule has 6 unspecified atom stereocenters. The largest absolute Gasteiger partial charge is 0.465 e. The Labute approximate surface area is 150 Å². The van der Waals surface area contributed by atoms with Crippen LogP contribution in [0, 0.1) is 38.9 Å². The second-order valence-corrected chi connectivity index (χ2v) is 10.1. The standard InChI is InChI=1S/C21H30O4/c1-5-7-24-15(22)19(16(23)25-8-6-2)11-20-10-18(4)14-17(18,3)9-13(20)21(14,20)12-19/h13-14H,5-12H2,1-4H3. The lowest BCUT2D eigenvalue weighted by Gasteiger charge is -2.35. The quantitative estimate of drug-likeness (QED) is 0.543. The average molecular weight is 346 g/mol.